The van der Waals surface area contributed by atoms with Crippen molar-refractivity contribution >= 4 is 18.4 Å². The standard InChI is InChI=1S/C12H23N3O.ClH/c1-3-14(2)11(16)15-9-6-12(10-15)4-7-13-8-5-12;/h13H,3-10H2,1-2H3;1H. The van der Waals surface area contributed by atoms with Crippen molar-refractivity contribution in [1.82, 2.24) is 15.1 Å². The van der Waals surface area contributed by atoms with Crippen molar-refractivity contribution in [1.29, 1.82) is 0 Å². The molecule has 0 aromatic rings. The lowest BCUT2D eigenvalue weighted by Gasteiger charge is -2.34. The van der Waals surface area contributed by atoms with E-state index in [1.54, 1.807) is 4.90 Å². The second-order valence-electron chi connectivity index (χ2n) is 5.22. The third kappa shape index (κ3) is 3.05. The fraction of sp³-hybridized carbons (Fsp3) is 0.917. The van der Waals surface area contributed by atoms with Gasteiger partial charge in [-0.1, -0.05) is 0 Å². The van der Waals surface area contributed by atoms with Gasteiger partial charge in [-0.25, -0.2) is 4.79 Å². The first-order valence-corrected chi connectivity index (χ1v) is 6.38. The highest BCUT2D eigenvalue weighted by atomic mass is 35.5. The average Bonchev–Trinajstić information content (AvgIpc) is 2.72. The van der Waals surface area contributed by atoms with Crippen LogP contribution in [0.15, 0.2) is 0 Å². The maximum Gasteiger partial charge on any atom is 0.319 e. The zero-order valence-electron chi connectivity index (χ0n) is 10.9. The maximum atomic E-state index is 12.0. The summed E-state index contributed by atoms with van der Waals surface area (Å²) in [5.74, 6) is 0. The summed E-state index contributed by atoms with van der Waals surface area (Å²) in [4.78, 5) is 15.9. The third-order valence-electron chi connectivity index (χ3n) is 4.17. The van der Waals surface area contributed by atoms with Crippen LogP contribution in [0.25, 0.3) is 0 Å². The number of halogens is 1. The van der Waals surface area contributed by atoms with Crippen LogP contribution in [-0.4, -0.2) is 55.6 Å². The summed E-state index contributed by atoms with van der Waals surface area (Å²) in [6.45, 7) is 6.97. The second-order valence-corrected chi connectivity index (χ2v) is 5.22. The number of hydrogen-bond donors (Lipinski definition) is 1. The minimum Gasteiger partial charge on any atom is -0.328 e. The monoisotopic (exact) mass is 261 g/mol. The summed E-state index contributed by atoms with van der Waals surface area (Å²) in [7, 11) is 1.88. The molecular formula is C12H24ClN3O. The molecule has 1 N–H and O–H groups in total. The molecule has 0 radical (unpaired) electrons. The zero-order chi connectivity index (χ0) is 11.6. The first kappa shape index (κ1) is 14.6. The van der Waals surface area contributed by atoms with Gasteiger partial charge < -0.3 is 15.1 Å². The molecule has 2 amide bonds. The Bertz CT molecular complexity index is 266. The van der Waals surface area contributed by atoms with Crippen molar-refractivity contribution in [2.24, 2.45) is 5.41 Å². The highest BCUT2D eigenvalue weighted by Crippen LogP contribution is 2.38. The van der Waals surface area contributed by atoms with Gasteiger partial charge in [0.25, 0.3) is 0 Å². The van der Waals surface area contributed by atoms with Gasteiger partial charge in [0.1, 0.15) is 0 Å². The Hall–Kier alpha value is -0.480. The van der Waals surface area contributed by atoms with E-state index < -0.39 is 0 Å². The van der Waals surface area contributed by atoms with Crippen LogP contribution >= 0.6 is 12.4 Å². The molecule has 0 aromatic heterocycles. The fourth-order valence-corrected chi connectivity index (χ4v) is 2.84. The number of amides is 2. The Morgan fingerprint density at radius 2 is 2.00 bits per heavy atom. The molecule has 2 fully saturated rings. The van der Waals surface area contributed by atoms with Gasteiger partial charge in [-0.2, -0.15) is 0 Å². The number of carbonyl (C=O) groups excluding carboxylic acids is 1. The first-order chi connectivity index (χ1) is 7.67. The molecule has 4 nitrogen and oxygen atoms in total. The van der Waals surface area contributed by atoms with Crippen LogP contribution in [0.3, 0.4) is 0 Å². The summed E-state index contributed by atoms with van der Waals surface area (Å²) in [6, 6.07) is 0.206. The number of rotatable bonds is 1. The Kier molecular flexibility index (Phi) is 5.07. The van der Waals surface area contributed by atoms with Crippen LogP contribution in [0.2, 0.25) is 0 Å². The molecule has 2 rings (SSSR count). The van der Waals surface area contributed by atoms with Gasteiger partial charge in [0.2, 0.25) is 0 Å². The molecule has 0 saturated carbocycles. The number of urea groups is 1. The van der Waals surface area contributed by atoms with Crippen LogP contribution in [0.5, 0.6) is 0 Å². The van der Waals surface area contributed by atoms with Crippen LogP contribution in [0.4, 0.5) is 4.79 Å². The highest BCUT2D eigenvalue weighted by Gasteiger charge is 2.40. The van der Waals surface area contributed by atoms with Gasteiger partial charge in [0.05, 0.1) is 0 Å². The Balaban J connectivity index is 0.00000144. The van der Waals surface area contributed by atoms with Crippen LogP contribution < -0.4 is 5.32 Å². The van der Waals surface area contributed by atoms with Gasteiger partial charge in [-0.05, 0) is 44.7 Å². The number of nitrogens with zero attached hydrogens (tertiary/aromatic N) is 2. The SMILES string of the molecule is CCN(C)C(=O)N1CCC2(CCNCC2)C1.Cl. The zero-order valence-corrected chi connectivity index (χ0v) is 11.7. The molecule has 2 heterocycles. The van der Waals surface area contributed by atoms with Crippen molar-refractivity contribution in [2.45, 2.75) is 26.2 Å². The molecule has 5 heteroatoms. The maximum absolute atomic E-state index is 12.0. The topological polar surface area (TPSA) is 35.6 Å². The van der Waals surface area contributed by atoms with Crippen molar-refractivity contribution in [3.8, 4) is 0 Å². The van der Waals surface area contributed by atoms with E-state index in [4.69, 9.17) is 0 Å². The predicted molar refractivity (Wildman–Crippen MR) is 71.7 cm³/mol. The third-order valence-corrected chi connectivity index (χ3v) is 4.17. The largest absolute Gasteiger partial charge is 0.328 e. The normalized spacial score (nSPS) is 22.4. The molecule has 0 unspecified atom stereocenters. The van der Waals surface area contributed by atoms with E-state index in [9.17, 15) is 4.79 Å². The highest BCUT2D eigenvalue weighted by molar-refractivity contribution is 5.85. The second kappa shape index (κ2) is 5.91. The minimum atomic E-state index is 0. The summed E-state index contributed by atoms with van der Waals surface area (Å²) < 4.78 is 0. The van der Waals surface area contributed by atoms with Gasteiger partial charge in [0.15, 0.2) is 0 Å². The van der Waals surface area contributed by atoms with E-state index in [2.05, 4.69) is 5.32 Å². The van der Waals surface area contributed by atoms with Crippen molar-refractivity contribution in [3.63, 3.8) is 0 Å². The molecule has 2 aliphatic rings. The summed E-state index contributed by atoms with van der Waals surface area (Å²) in [6.07, 6.45) is 3.65. The first-order valence-electron chi connectivity index (χ1n) is 6.38. The van der Waals surface area contributed by atoms with E-state index in [0.717, 1.165) is 32.7 Å². The number of likely N-dealkylation sites (tertiary alicyclic amines) is 1. The number of piperidine rings is 1. The molecule has 0 aliphatic carbocycles. The molecular weight excluding hydrogens is 238 g/mol. The van der Waals surface area contributed by atoms with Gasteiger partial charge in [-0.3, -0.25) is 0 Å². The number of carbonyl (C=O) groups is 1. The van der Waals surface area contributed by atoms with Crippen molar-refractivity contribution in [3.05, 3.63) is 0 Å². The van der Waals surface area contributed by atoms with E-state index >= 15 is 0 Å². The summed E-state index contributed by atoms with van der Waals surface area (Å²) in [5, 5.41) is 3.40. The Morgan fingerprint density at radius 3 is 2.59 bits per heavy atom. The lowest BCUT2D eigenvalue weighted by atomic mass is 9.78. The number of hydrogen-bond acceptors (Lipinski definition) is 2. The minimum absolute atomic E-state index is 0. The molecule has 0 atom stereocenters. The molecule has 1 spiro atoms. The summed E-state index contributed by atoms with van der Waals surface area (Å²) in [5.41, 5.74) is 0.426. The lowest BCUT2D eigenvalue weighted by Crippen LogP contribution is -2.43. The summed E-state index contributed by atoms with van der Waals surface area (Å²) >= 11 is 0. The molecule has 2 aliphatic heterocycles. The van der Waals surface area contributed by atoms with Gasteiger partial charge in [0, 0.05) is 26.7 Å². The van der Waals surface area contributed by atoms with Crippen LogP contribution in [0.1, 0.15) is 26.2 Å². The molecule has 100 valence electrons. The average molecular weight is 262 g/mol. The van der Waals surface area contributed by atoms with Crippen molar-refractivity contribution in [2.75, 3.05) is 39.8 Å². The smallest absolute Gasteiger partial charge is 0.319 e. The quantitative estimate of drug-likeness (QED) is 0.778. The van der Waals surface area contributed by atoms with Crippen LogP contribution in [0, 0.1) is 5.41 Å². The van der Waals surface area contributed by atoms with E-state index in [-0.39, 0.29) is 18.4 Å². The Labute approximate surface area is 110 Å². The fourth-order valence-electron chi connectivity index (χ4n) is 2.84. The van der Waals surface area contributed by atoms with Crippen LogP contribution in [-0.2, 0) is 0 Å². The lowest BCUT2D eigenvalue weighted by molar-refractivity contribution is 0.158. The molecule has 17 heavy (non-hydrogen) atoms. The molecule has 0 aromatic carbocycles. The number of nitrogens with one attached hydrogen (secondary N) is 1. The predicted octanol–water partition coefficient (Wildman–Crippen LogP) is 1.56. The van der Waals surface area contributed by atoms with Gasteiger partial charge >= 0.3 is 6.03 Å². The Morgan fingerprint density at radius 1 is 1.35 bits per heavy atom. The van der Waals surface area contributed by atoms with E-state index in [1.165, 1.54) is 19.3 Å². The van der Waals surface area contributed by atoms with E-state index in [1.807, 2.05) is 18.9 Å². The molecule has 2 saturated heterocycles. The van der Waals surface area contributed by atoms with E-state index in [0.29, 0.717) is 5.41 Å². The van der Waals surface area contributed by atoms with Crippen molar-refractivity contribution < 1.29 is 4.79 Å². The van der Waals surface area contributed by atoms with Gasteiger partial charge in [-0.15, -0.1) is 12.4 Å². The molecule has 0 bridgehead atoms.